The van der Waals surface area contributed by atoms with Gasteiger partial charge >= 0.3 is 0 Å². The van der Waals surface area contributed by atoms with Crippen molar-refractivity contribution in [1.82, 2.24) is 4.90 Å². The fraction of sp³-hybridized carbons (Fsp3) is 0.429. The third-order valence-electron chi connectivity index (χ3n) is 3.36. The maximum absolute atomic E-state index is 11.9. The molecule has 1 aliphatic rings. The molecular formula is C14H17NO2S. The predicted molar refractivity (Wildman–Crippen MR) is 73.5 cm³/mol. The molecule has 0 aliphatic carbocycles. The number of hydrogen-bond donors (Lipinski definition) is 1. The van der Waals surface area contributed by atoms with Crippen molar-refractivity contribution in [2.75, 3.05) is 12.3 Å². The Labute approximate surface area is 113 Å². The van der Waals surface area contributed by atoms with E-state index in [1.54, 1.807) is 6.92 Å². The van der Waals surface area contributed by atoms with E-state index < -0.39 is 0 Å². The van der Waals surface area contributed by atoms with E-state index >= 15 is 0 Å². The standard InChI is InChI=1S/C14H17NO2S/c1-10-7-13(16)15(14(10)17)8-12(9-18)11-5-3-2-4-6-11/h2-6,10,12,18H,7-9H2,1H3. The summed E-state index contributed by atoms with van der Waals surface area (Å²) in [5.41, 5.74) is 1.12. The highest BCUT2D eigenvalue weighted by atomic mass is 32.1. The molecule has 0 radical (unpaired) electrons. The Balaban J connectivity index is 2.12. The first-order chi connectivity index (χ1) is 8.63. The molecule has 1 heterocycles. The highest BCUT2D eigenvalue weighted by Crippen LogP contribution is 2.24. The van der Waals surface area contributed by atoms with E-state index in [1.165, 1.54) is 4.90 Å². The number of thiol groups is 1. The number of nitrogens with zero attached hydrogens (tertiary/aromatic N) is 1. The summed E-state index contributed by atoms with van der Waals surface area (Å²) in [6.45, 7) is 2.24. The normalized spacial score (nSPS) is 21.4. The van der Waals surface area contributed by atoms with Gasteiger partial charge in [0, 0.05) is 24.8 Å². The van der Waals surface area contributed by atoms with Crippen LogP contribution in [-0.4, -0.2) is 29.0 Å². The average molecular weight is 263 g/mol. The molecule has 2 atom stereocenters. The molecule has 0 N–H and O–H groups in total. The van der Waals surface area contributed by atoms with Crippen molar-refractivity contribution in [3.05, 3.63) is 35.9 Å². The third kappa shape index (κ3) is 2.58. The fourth-order valence-electron chi connectivity index (χ4n) is 2.25. The van der Waals surface area contributed by atoms with Crippen LogP contribution >= 0.6 is 12.6 Å². The van der Waals surface area contributed by atoms with Crippen LogP contribution in [-0.2, 0) is 9.59 Å². The van der Waals surface area contributed by atoms with Crippen molar-refractivity contribution < 1.29 is 9.59 Å². The number of imide groups is 1. The number of likely N-dealkylation sites (tertiary alicyclic amines) is 1. The Morgan fingerprint density at radius 2 is 2.00 bits per heavy atom. The van der Waals surface area contributed by atoms with Gasteiger partial charge in [-0.25, -0.2) is 0 Å². The second-order valence-electron chi connectivity index (χ2n) is 4.74. The van der Waals surface area contributed by atoms with Gasteiger partial charge in [0.05, 0.1) is 0 Å². The molecule has 0 bridgehead atoms. The molecule has 2 rings (SSSR count). The van der Waals surface area contributed by atoms with Crippen LogP contribution in [0.2, 0.25) is 0 Å². The van der Waals surface area contributed by atoms with Crippen LogP contribution in [0.15, 0.2) is 30.3 Å². The number of hydrogen-bond acceptors (Lipinski definition) is 3. The van der Waals surface area contributed by atoms with E-state index in [-0.39, 0.29) is 23.7 Å². The van der Waals surface area contributed by atoms with Crippen LogP contribution in [0.1, 0.15) is 24.8 Å². The van der Waals surface area contributed by atoms with E-state index in [4.69, 9.17) is 0 Å². The molecule has 1 aromatic rings. The van der Waals surface area contributed by atoms with E-state index in [1.807, 2.05) is 30.3 Å². The van der Waals surface area contributed by atoms with E-state index in [2.05, 4.69) is 12.6 Å². The Bertz CT molecular complexity index is 446. The second-order valence-corrected chi connectivity index (χ2v) is 5.10. The van der Waals surface area contributed by atoms with Crippen LogP contribution in [0.5, 0.6) is 0 Å². The average Bonchev–Trinajstić information content (AvgIpc) is 2.62. The molecule has 2 unspecified atom stereocenters. The molecular weight excluding hydrogens is 246 g/mol. The Morgan fingerprint density at radius 3 is 2.50 bits per heavy atom. The maximum Gasteiger partial charge on any atom is 0.232 e. The summed E-state index contributed by atoms with van der Waals surface area (Å²) >= 11 is 4.33. The molecule has 0 saturated carbocycles. The van der Waals surface area contributed by atoms with Gasteiger partial charge in [0.1, 0.15) is 0 Å². The van der Waals surface area contributed by atoms with Crippen molar-refractivity contribution in [2.24, 2.45) is 5.92 Å². The van der Waals surface area contributed by atoms with Crippen molar-refractivity contribution in [3.63, 3.8) is 0 Å². The van der Waals surface area contributed by atoms with Crippen molar-refractivity contribution in [3.8, 4) is 0 Å². The molecule has 3 nitrogen and oxygen atoms in total. The van der Waals surface area contributed by atoms with Crippen LogP contribution in [0.3, 0.4) is 0 Å². The first-order valence-electron chi connectivity index (χ1n) is 6.13. The third-order valence-corrected chi connectivity index (χ3v) is 3.80. The van der Waals surface area contributed by atoms with Gasteiger partial charge in [-0.3, -0.25) is 14.5 Å². The van der Waals surface area contributed by atoms with E-state index in [0.717, 1.165) is 5.56 Å². The van der Waals surface area contributed by atoms with Gasteiger partial charge in [-0.1, -0.05) is 37.3 Å². The number of rotatable bonds is 4. The monoisotopic (exact) mass is 263 g/mol. The smallest absolute Gasteiger partial charge is 0.232 e. The summed E-state index contributed by atoms with van der Waals surface area (Å²) in [5.74, 6) is 0.439. The van der Waals surface area contributed by atoms with Gasteiger partial charge in [0.25, 0.3) is 0 Å². The Kier molecular flexibility index (Phi) is 4.07. The largest absolute Gasteiger partial charge is 0.282 e. The molecule has 96 valence electrons. The fourth-order valence-corrected chi connectivity index (χ4v) is 2.58. The van der Waals surface area contributed by atoms with Crippen LogP contribution < -0.4 is 0 Å². The zero-order chi connectivity index (χ0) is 13.1. The minimum atomic E-state index is -0.172. The van der Waals surface area contributed by atoms with Gasteiger partial charge in [0.2, 0.25) is 11.8 Å². The lowest BCUT2D eigenvalue weighted by Gasteiger charge is -2.21. The number of carbonyl (C=O) groups is 2. The molecule has 1 saturated heterocycles. The zero-order valence-corrected chi connectivity index (χ0v) is 11.3. The van der Waals surface area contributed by atoms with Crippen LogP contribution in [0.25, 0.3) is 0 Å². The summed E-state index contributed by atoms with van der Waals surface area (Å²) in [6.07, 6.45) is 0.340. The SMILES string of the molecule is CC1CC(=O)N(CC(CS)c2ccccc2)C1=O. The highest BCUT2D eigenvalue weighted by Gasteiger charge is 2.36. The highest BCUT2D eigenvalue weighted by molar-refractivity contribution is 7.80. The van der Waals surface area contributed by atoms with Crippen molar-refractivity contribution in [1.29, 1.82) is 0 Å². The minimum absolute atomic E-state index is 0.0530. The summed E-state index contributed by atoms with van der Waals surface area (Å²) in [4.78, 5) is 25.0. The molecule has 1 aliphatic heterocycles. The van der Waals surface area contributed by atoms with E-state index in [9.17, 15) is 9.59 Å². The van der Waals surface area contributed by atoms with Gasteiger partial charge in [0.15, 0.2) is 0 Å². The zero-order valence-electron chi connectivity index (χ0n) is 10.4. The maximum atomic E-state index is 11.9. The van der Waals surface area contributed by atoms with E-state index in [0.29, 0.717) is 18.7 Å². The molecule has 0 aromatic heterocycles. The Hall–Kier alpha value is -1.29. The van der Waals surface area contributed by atoms with Crippen molar-refractivity contribution >= 4 is 24.4 Å². The van der Waals surface area contributed by atoms with Crippen molar-refractivity contribution in [2.45, 2.75) is 19.3 Å². The number of amides is 2. The summed E-state index contributed by atoms with van der Waals surface area (Å²) in [5, 5.41) is 0. The summed E-state index contributed by atoms with van der Waals surface area (Å²) in [6, 6.07) is 9.89. The van der Waals surface area contributed by atoms with Gasteiger partial charge < -0.3 is 0 Å². The topological polar surface area (TPSA) is 37.4 Å². The molecule has 18 heavy (non-hydrogen) atoms. The Morgan fingerprint density at radius 1 is 1.33 bits per heavy atom. The lowest BCUT2D eigenvalue weighted by atomic mass is 10.0. The number of carbonyl (C=O) groups excluding carboxylic acids is 2. The minimum Gasteiger partial charge on any atom is -0.282 e. The lowest BCUT2D eigenvalue weighted by Crippen LogP contribution is -2.34. The predicted octanol–water partition coefficient (Wildman–Crippen LogP) is 2.09. The van der Waals surface area contributed by atoms with Gasteiger partial charge in [-0.15, -0.1) is 0 Å². The molecule has 4 heteroatoms. The van der Waals surface area contributed by atoms with Crippen LogP contribution in [0.4, 0.5) is 0 Å². The molecule has 0 spiro atoms. The first kappa shape index (κ1) is 13.1. The van der Waals surface area contributed by atoms with Crippen LogP contribution in [0, 0.1) is 5.92 Å². The lowest BCUT2D eigenvalue weighted by molar-refractivity contribution is -0.139. The second kappa shape index (κ2) is 5.57. The summed E-state index contributed by atoms with van der Waals surface area (Å²) in [7, 11) is 0. The molecule has 1 fully saturated rings. The number of benzene rings is 1. The van der Waals surface area contributed by atoms with Gasteiger partial charge in [-0.05, 0) is 11.3 Å². The van der Waals surface area contributed by atoms with Gasteiger partial charge in [-0.2, -0.15) is 12.6 Å². The molecule has 1 aromatic carbocycles. The quantitative estimate of drug-likeness (QED) is 0.667. The summed E-state index contributed by atoms with van der Waals surface area (Å²) < 4.78 is 0. The molecule has 2 amide bonds. The first-order valence-corrected chi connectivity index (χ1v) is 6.76.